The molecule has 0 fully saturated rings. The molecule has 5 heteroatoms. The summed E-state index contributed by atoms with van der Waals surface area (Å²) in [6.45, 7) is 1.96. The normalized spacial score (nSPS) is 12.4. The number of carbonyl (C=O) groups is 2. The van der Waals surface area contributed by atoms with Crippen molar-refractivity contribution in [2.75, 3.05) is 7.05 Å². The van der Waals surface area contributed by atoms with Gasteiger partial charge in [-0.25, -0.2) is 0 Å². The van der Waals surface area contributed by atoms with E-state index < -0.39 is 17.9 Å². The van der Waals surface area contributed by atoms with Gasteiger partial charge in [0.05, 0.1) is 0 Å². The van der Waals surface area contributed by atoms with Gasteiger partial charge in [-0.2, -0.15) is 0 Å². The molecule has 17 heavy (non-hydrogen) atoms. The van der Waals surface area contributed by atoms with Crippen molar-refractivity contribution >= 4 is 11.9 Å². The van der Waals surface area contributed by atoms with E-state index in [-0.39, 0.29) is 0 Å². The van der Waals surface area contributed by atoms with Crippen molar-refractivity contribution in [1.29, 1.82) is 0 Å². The highest BCUT2D eigenvalue weighted by atomic mass is 16.4. The average molecular weight is 236 g/mol. The number of aliphatic carboxylic acids is 1. The highest BCUT2D eigenvalue weighted by Gasteiger charge is 2.18. The number of hydrogen-bond donors (Lipinski definition) is 2. The lowest BCUT2D eigenvalue weighted by atomic mass is 10.1. The minimum absolute atomic E-state index is 0.368. The molecule has 0 aliphatic carbocycles. The molecule has 1 atom stereocenters. The van der Waals surface area contributed by atoms with E-state index in [0.717, 1.165) is 5.56 Å². The number of nitrogens with zero attached hydrogens (tertiary/aromatic N) is 1. The van der Waals surface area contributed by atoms with E-state index in [1.54, 1.807) is 43.1 Å². The van der Waals surface area contributed by atoms with Gasteiger partial charge in [0.15, 0.2) is 0 Å². The molecule has 0 bridgehead atoms. The molecular formula is C12H16N2O3. The van der Waals surface area contributed by atoms with Crippen molar-refractivity contribution in [3.63, 3.8) is 0 Å². The third-order valence-corrected chi connectivity index (χ3v) is 2.72. The Morgan fingerprint density at radius 1 is 1.41 bits per heavy atom. The molecule has 0 saturated heterocycles. The second kappa shape index (κ2) is 5.45. The number of likely N-dealkylation sites (N-methyl/N-ethyl adjacent to an activating group) is 1. The molecule has 92 valence electrons. The highest BCUT2D eigenvalue weighted by molar-refractivity contribution is 5.94. The lowest BCUT2D eigenvalue weighted by Gasteiger charge is -2.21. The van der Waals surface area contributed by atoms with Crippen LogP contribution in [0.5, 0.6) is 0 Å². The molecule has 1 aromatic carbocycles. The molecule has 0 aromatic heterocycles. The minimum Gasteiger partial charge on any atom is -0.480 e. The first-order valence-corrected chi connectivity index (χ1v) is 5.24. The average Bonchev–Trinajstić information content (AvgIpc) is 2.28. The lowest BCUT2D eigenvalue weighted by Crippen LogP contribution is -2.35. The van der Waals surface area contributed by atoms with E-state index >= 15 is 0 Å². The summed E-state index contributed by atoms with van der Waals surface area (Å²) in [5.74, 6) is -1.40. The van der Waals surface area contributed by atoms with Crippen molar-refractivity contribution in [1.82, 2.24) is 4.90 Å². The Kier molecular flexibility index (Phi) is 4.23. The second-order valence-corrected chi connectivity index (χ2v) is 3.95. The number of hydrogen-bond acceptors (Lipinski definition) is 3. The van der Waals surface area contributed by atoms with Crippen molar-refractivity contribution in [2.24, 2.45) is 5.73 Å². The van der Waals surface area contributed by atoms with E-state index in [1.807, 2.05) is 0 Å². The third-order valence-electron chi connectivity index (χ3n) is 2.72. The van der Waals surface area contributed by atoms with E-state index in [0.29, 0.717) is 12.1 Å². The molecule has 0 heterocycles. The molecule has 0 saturated carbocycles. The van der Waals surface area contributed by atoms with Crippen LogP contribution in [0, 0.1) is 0 Å². The minimum atomic E-state index is -0.899. The SMILES string of the molecule is CC(C(=O)O)N(C)Cc1ccccc1C(N)=O. The molecule has 1 rings (SSSR count). The van der Waals surface area contributed by atoms with Crippen LogP contribution < -0.4 is 5.73 Å². The first-order valence-electron chi connectivity index (χ1n) is 5.24. The molecule has 1 amide bonds. The zero-order valence-corrected chi connectivity index (χ0v) is 9.88. The smallest absolute Gasteiger partial charge is 0.320 e. The van der Waals surface area contributed by atoms with Gasteiger partial charge in [-0.15, -0.1) is 0 Å². The van der Waals surface area contributed by atoms with Crippen LogP contribution >= 0.6 is 0 Å². The van der Waals surface area contributed by atoms with E-state index in [4.69, 9.17) is 10.8 Å². The maximum absolute atomic E-state index is 11.2. The molecule has 1 aromatic rings. The maximum atomic E-state index is 11.2. The van der Waals surface area contributed by atoms with E-state index in [1.165, 1.54) is 0 Å². The Balaban J connectivity index is 2.88. The summed E-state index contributed by atoms with van der Waals surface area (Å²) in [5.41, 5.74) is 6.41. The molecule has 0 aliphatic heterocycles. The van der Waals surface area contributed by atoms with Gasteiger partial charge >= 0.3 is 5.97 Å². The second-order valence-electron chi connectivity index (χ2n) is 3.95. The summed E-state index contributed by atoms with van der Waals surface area (Å²) in [6, 6.07) is 6.31. The van der Waals surface area contributed by atoms with Gasteiger partial charge in [0.2, 0.25) is 5.91 Å². The van der Waals surface area contributed by atoms with Gasteiger partial charge in [0.25, 0.3) is 0 Å². The van der Waals surface area contributed by atoms with Crippen molar-refractivity contribution < 1.29 is 14.7 Å². The van der Waals surface area contributed by atoms with Gasteiger partial charge in [-0.05, 0) is 25.6 Å². The number of carboxylic acids is 1. The van der Waals surface area contributed by atoms with Gasteiger partial charge < -0.3 is 10.8 Å². The fourth-order valence-electron chi connectivity index (χ4n) is 1.49. The van der Waals surface area contributed by atoms with Crippen LogP contribution in [0.15, 0.2) is 24.3 Å². The number of nitrogens with two attached hydrogens (primary N) is 1. The Labute approximate surface area is 99.8 Å². The van der Waals surface area contributed by atoms with Crippen LogP contribution in [0.1, 0.15) is 22.8 Å². The van der Waals surface area contributed by atoms with Crippen LogP contribution in [-0.4, -0.2) is 35.0 Å². The summed E-state index contributed by atoms with van der Waals surface area (Å²) < 4.78 is 0. The van der Waals surface area contributed by atoms with Gasteiger partial charge in [0.1, 0.15) is 6.04 Å². The monoisotopic (exact) mass is 236 g/mol. The molecular weight excluding hydrogens is 220 g/mol. The number of primary amides is 1. The van der Waals surface area contributed by atoms with Crippen LogP contribution in [0.25, 0.3) is 0 Å². The Hall–Kier alpha value is -1.88. The highest BCUT2D eigenvalue weighted by Crippen LogP contribution is 2.12. The predicted molar refractivity (Wildman–Crippen MR) is 63.5 cm³/mol. The fraction of sp³-hybridized carbons (Fsp3) is 0.333. The number of benzene rings is 1. The van der Waals surface area contributed by atoms with Crippen molar-refractivity contribution in [2.45, 2.75) is 19.5 Å². The largest absolute Gasteiger partial charge is 0.480 e. The van der Waals surface area contributed by atoms with Crippen molar-refractivity contribution in [3.8, 4) is 0 Å². The van der Waals surface area contributed by atoms with E-state index in [2.05, 4.69) is 0 Å². The molecule has 1 unspecified atom stereocenters. The quantitative estimate of drug-likeness (QED) is 0.787. The number of amides is 1. The summed E-state index contributed by atoms with van der Waals surface area (Å²) in [6.07, 6.45) is 0. The lowest BCUT2D eigenvalue weighted by molar-refractivity contribution is -0.142. The summed E-state index contributed by atoms with van der Waals surface area (Å²) in [7, 11) is 1.69. The molecule has 0 aliphatic rings. The van der Waals surface area contributed by atoms with Crippen LogP contribution in [0.4, 0.5) is 0 Å². The first kappa shape index (κ1) is 13.2. The number of rotatable bonds is 5. The van der Waals surface area contributed by atoms with Crippen LogP contribution in [0.3, 0.4) is 0 Å². The first-order chi connectivity index (χ1) is 7.93. The Bertz CT molecular complexity index is 432. The molecule has 0 spiro atoms. The van der Waals surface area contributed by atoms with Crippen LogP contribution in [0.2, 0.25) is 0 Å². The van der Waals surface area contributed by atoms with Gasteiger partial charge in [-0.3, -0.25) is 14.5 Å². The summed E-state index contributed by atoms with van der Waals surface area (Å²) >= 11 is 0. The van der Waals surface area contributed by atoms with Crippen LogP contribution in [-0.2, 0) is 11.3 Å². The molecule has 3 N–H and O–H groups in total. The Morgan fingerprint density at radius 3 is 2.53 bits per heavy atom. The van der Waals surface area contributed by atoms with Crippen molar-refractivity contribution in [3.05, 3.63) is 35.4 Å². The summed E-state index contributed by atoms with van der Waals surface area (Å²) in [4.78, 5) is 23.7. The number of carbonyl (C=O) groups excluding carboxylic acids is 1. The summed E-state index contributed by atoms with van der Waals surface area (Å²) in [5, 5.41) is 8.88. The predicted octanol–water partition coefficient (Wildman–Crippen LogP) is 0.690. The Morgan fingerprint density at radius 2 is 2.00 bits per heavy atom. The maximum Gasteiger partial charge on any atom is 0.320 e. The zero-order valence-electron chi connectivity index (χ0n) is 9.88. The van der Waals surface area contributed by atoms with E-state index in [9.17, 15) is 9.59 Å². The van der Waals surface area contributed by atoms with Gasteiger partial charge in [0, 0.05) is 12.1 Å². The standard InChI is InChI=1S/C12H16N2O3/c1-8(12(16)17)14(2)7-9-5-3-4-6-10(9)11(13)15/h3-6,8H,7H2,1-2H3,(H2,13,15)(H,16,17). The fourth-order valence-corrected chi connectivity index (χ4v) is 1.49. The zero-order chi connectivity index (χ0) is 13.0. The molecule has 0 radical (unpaired) electrons. The van der Waals surface area contributed by atoms with Gasteiger partial charge in [-0.1, -0.05) is 18.2 Å². The number of carboxylic acid groups (broad SMARTS) is 1. The topological polar surface area (TPSA) is 83.6 Å². The molecule has 5 nitrogen and oxygen atoms in total. The third kappa shape index (κ3) is 3.29.